The first-order valence-corrected chi connectivity index (χ1v) is 5.77. The van der Waals surface area contributed by atoms with E-state index in [1.54, 1.807) is 0 Å². The molecule has 0 fully saturated rings. The highest BCUT2D eigenvalue weighted by Crippen LogP contribution is 2.22. The van der Waals surface area contributed by atoms with E-state index >= 15 is 0 Å². The van der Waals surface area contributed by atoms with E-state index in [2.05, 4.69) is 49.5 Å². The van der Waals surface area contributed by atoms with Crippen molar-refractivity contribution in [2.45, 2.75) is 13.8 Å². The Bertz CT molecular complexity index is 266. The average Bonchev–Trinajstić information content (AvgIpc) is 2.27. The fourth-order valence-corrected chi connectivity index (χ4v) is 1.57. The van der Waals surface area contributed by atoms with Gasteiger partial charge in [-0.3, -0.25) is 0 Å². The molecule has 0 heterocycles. The third kappa shape index (κ3) is 4.15. The summed E-state index contributed by atoms with van der Waals surface area (Å²) in [6.45, 7) is 6.07. The molecule has 0 aromatic heterocycles. The van der Waals surface area contributed by atoms with Crippen molar-refractivity contribution < 1.29 is 3.79 Å². The van der Waals surface area contributed by atoms with E-state index in [1.165, 1.54) is 5.70 Å². The standard InChI is InChI=1S/C11H16NO.Al.2H/c1-11(2)6-4-3-5-10(9-11)12-7-8-13;;;/h3-6,9,12H,7-8H2,1-2H3;;;/q-1;+1;;. The summed E-state index contributed by atoms with van der Waals surface area (Å²) in [5.41, 5.74) is 1.31. The van der Waals surface area contributed by atoms with Crippen LogP contribution in [-0.2, 0) is 3.79 Å². The van der Waals surface area contributed by atoms with Crippen LogP contribution in [0.3, 0.4) is 0 Å². The largest absolute Gasteiger partial charge is 0.505 e. The van der Waals surface area contributed by atoms with Crippen molar-refractivity contribution in [2.24, 2.45) is 5.41 Å². The molecule has 2 nitrogen and oxygen atoms in total. The van der Waals surface area contributed by atoms with Gasteiger partial charge in [-0.05, 0) is 6.08 Å². The summed E-state index contributed by atoms with van der Waals surface area (Å²) < 4.78 is 5.13. The van der Waals surface area contributed by atoms with Crippen LogP contribution in [0, 0.1) is 5.41 Å². The molecule has 0 unspecified atom stereocenters. The molecule has 1 N–H and O–H groups in total. The van der Waals surface area contributed by atoms with Crippen LogP contribution in [0.2, 0.25) is 0 Å². The molecule has 3 heteroatoms. The van der Waals surface area contributed by atoms with Crippen LogP contribution in [0.4, 0.5) is 0 Å². The first-order chi connectivity index (χ1) is 6.64. The summed E-state index contributed by atoms with van der Waals surface area (Å²) in [4.78, 5) is 0. The Balaban J connectivity index is 2.55. The minimum atomic E-state index is 0.133. The molecule has 0 bridgehead atoms. The van der Waals surface area contributed by atoms with Crippen molar-refractivity contribution >= 4 is 16.6 Å². The second-order valence-corrected chi connectivity index (χ2v) is 4.64. The van der Waals surface area contributed by atoms with E-state index in [4.69, 9.17) is 3.79 Å². The number of allylic oxidation sites excluding steroid dienone is 5. The third-order valence-electron chi connectivity index (χ3n) is 2.08. The molecule has 76 valence electrons. The second-order valence-electron chi connectivity index (χ2n) is 4.06. The lowest BCUT2D eigenvalue weighted by Gasteiger charge is -2.16. The van der Waals surface area contributed by atoms with Gasteiger partial charge in [-0.2, -0.15) is 0 Å². The maximum atomic E-state index is 5.13. The van der Waals surface area contributed by atoms with E-state index in [0.717, 1.165) is 29.8 Å². The lowest BCUT2D eigenvalue weighted by atomic mass is 9.92. The van der Waals surface area contributed by atoms with E-state index in [-0.39, 0.29) is 5.41 Å². The fourth-order valence-electron chi connectivity index (χ4n) is 1.37. The average molecular weight is 207 g/mol. The van der Waals surface area contributed by atoms with E-state index < -0.39 is 0 Å². The van der Waals surface area contributed by atoms with Crippen LogP contribution in [-0.4, -0.2) is 29.8 Å². The third-order valence-corrected chi connectivity index (χ3v) is 2.48. The number of rotatable bonds is 4. The maximum absolute atomic E-state index is 5.13. The van der Waals surface area contributed by atoms with E-state index in [0.29, 0.717) is 0 Å². The molecule has 14 heavy (non-hydrogen) atoms. The Hall–Kier alpha value is -0.488. The predicted molar refractivity (Wildman–Crippen MR) is 62.6 cm³/mol. The summed E-state index contributed by atoms with van der Waals surface area (Å²) >= 11 is 0.817. The number of hydrogen-bond donors (Lipinski definition) is 1. The first-order valence-electron chi connectivity index (χ1n) is 4.96. The Morgan fingerprint density at radius 3 is 2.93 bits per heavy atom. The van der Waals surface area contributed by atoms with Gasteiger partial charge in [0.25, 0.3) is 0 Å². The summed E-state index contributed by atoms with van der Waals surface area (Å²) in [6, 6.07) is 0. The Labute approximate surface area is 94.5 Å². The molecule has 0 aromatic carbocycles. The molecular formula is C11H18AlNO. The van der Waals surface area contributed by atoms with Crippen molar-refractivity contribution in [1.29, 1.82) is 0 Å². The maximum Gasteiger partial charge on any atom is 0.410 e. The zero-order valence-electron chi connectivity index (χ0n) is 9.21. The number of hydrogen-bond acceptors (Lipinski definition) is 2. The minimum Gasteiger partial charge on any atom is -0.505 e. The molecular weight excluding hydrogens is 189 g/mol. The van der Waals surface area contributed by atoms with Gasteiger partial charge in [0.15, 0.2) is 0 Å². The predicted octanol–water partition coefficient (Wildman–Crippen LogP) is 1.18. The van der Waals surface area contributed by atoms with Crippen LogP contribution < -0.4 is 5.32 Å². The van der Waals surface area contributed by atoms with Crippen LogP contribution in [0.1, 0.15) is 13.8 Å². The van der Waals surface area contributed by atoms with E-state index in [9.17, 15) is 0 Å². The first kappa shape index (κ1) is 11.6. The molecule has 0 amide bonds. The van der Waals surface area contributed by atoms with Crippen molar-refractivity contribution in [3.63, 3.8) is 0 Å². The van der Waals surface area contributed by atoms with Gasteiger partial charge in [0.05, 0.1) is 0 Å². The topological polar surface area (TPSA) is 21.3 Å². The molecule has 1 rings (SSSR count). The number of nitrogens with one attached hydrogen (secondary N) is 1. The molecule has 0 atom stereocenters. The zero-order valence-corrected chi connectivity index (χ0v) is 11.2. The lowest BCUT2D eigenvalue weighted by Crippen LogP contribution is -2.19. The quantitative estimate of drug-likeness (QED) is 0.552. The Morgan fingerprint density at radius 1 is 1.43 bits per heavy atom. The minimum absolute atomic E-state index is 0.133. The highest BCUT2D eigenvalue weighted by molar-refractivity contribution is 5.97. The van der Waals surface area contributed by atoms with Gasteiger partial charge in [0.1, 0.15) is 0 Å². The monoisotopic (exact) mass is 207 g/mol. The highest BCUT2D eigenvalue weighted by Gasteiger charge is 2.11. The van der Waals surface area contributed by atoms with Gasteiger partial charge < -0.3 is 9.11 Å². The molecule has 1 aliphatic carbocycles. The normalized spacial score (nSPS) is 18.9. The summed E-state index contributed by atoms with van der Waals surface area (Å²) in [7, 11) is 0. The second kappa shape index (κ2) is 5.41. The molecule has 0 spiro atoms. The van der Waals surface area contributed by atoms with Gasteiger partial charge in [-0.1, -0.05) is 38.2 Å². The highest BCUT2D eigenvalue weighted by atomic mass is 27.1. The summed E-state index contributed by atoms with van der Waals surface area (Å²) in [6.07, 6.45) is 10.7. The molecule has 0 saturated carbocycles. The SMILES string of the molecule is CC1(C)C=CC=CC(NCC[O][AlH2])=C1. The molecule has 0 radical (unpaired) electrons. The van der Waals surface area contributed by atoms with Gasteiger partial charge >= 0.3 is 16.6 Å². The van der Waals surface area contributed by atoms with Crippen molar-refractivity contribution in [3.8, 4) is 0 Å². The van der Waals surface area contributed by atoms with Crippen molar-refractivity contribution in [1.82, 2.24) is 5.32 Å². The Kier molecular flexibility index (Phi) is 4.48. The van der Waals surface area contributed by atoms with Gasteiger partial charge in [-0.25, -0.2) is 0 Å². The fraction of sp³-hybridized carbons (Fsp3) is 0.455. The van der Waals surface area contributed by atoms with Crippen LogP contribution in [0.15, 0.2) is 36.1 Å². The Morgan fingerprint density at radius 2 is 2.21 bits per heavy atom. The van der Waals surface area contributed by atoms with Gasteiger partial charge in [0.2, 0.25) is 0 Å². The summed E-state index contributed by atoms with van der Waals surface area (Å²) in [5.74, 6) is 0. The zero-order chi connectivity index (χ0) is 10.4. The van der Waals surface area contributed by atoms with Gasteiger partial charge in [0, 0.05) is 24.3 Å². The molecule has 0 aliphatic heterocycles. The van der Waals surface area contributed by atoms with Crippen LogP contribution in [0.5, 0.6) is 0 Å². The van der Waals surface area contributed by atoms with Crippen LogP contribution in [0.25, 0.3) is 0 Å². The van der Waals surface area contributed by atoms with Crippen molar-refractivity contribution in [3.05, 3.63) is 36.1 Å². The van der Waals surface area contributed by atoms with Crippen molar-refractivity contribution in [2.75, 3.05) is 13.2 Å². The molecule has 1 aliphatic rings. The summed E-state index contributed by atoms with van der Waals surface area (Å²) in [5, 5.41) is 3.35. The molecule has 0 saturated heterocycles. The molecule has 0 aromatic rings. The van der Waals surface area contributed by atoms with Gasteiger partial charge in [-0.15, -0.1) is 0 Å². The lowest BCUT2D eigenvalue weighted by molar-refractivity contribution is 0.350. The van der Waals surface area contributed by atoms with E-state index in [1.807, 2.05) is 0 Å². The smallest absolute Gasteiger partial charge is 0.410 e. The van der Waals surface area contributed by atoms with Crippen LogP contribution >= 0.6 is 0 Å².